The number of amides is 2. The summed E-state index contributed by atoms with van der Waals surface area (Å²) in [5.41, 5.74) is 1.30. The lowest BCUT2D eigenvalue weighted by molar-refractivity contribution is -0.138. The van der Waals surface area contributed by atoms with Crippen molar-refractivity contribution >= 4 is 27.5 Å². The summed E-state index contributed by atoms with van der Waals surface area (Å²) in [6.45, 7) is 1.35. The number of para-hydroxylation sites is 1. The Labute approximate surface area is 224 Å². The fraction of sp³-hybridized carbons (Fsp3) is 0.286. The maximum atomic E-state index is 13.9. The summed E-state index contributed by atoms with van der Waals surface area (Å²) in [6.07, 6.45) is 0.502. The molecule has 0 unspecified atom stereocenters. The standard InChI is InChI=1S/C28H33N3O6S/c1-21(28(33)29-2)30(18-17-22-11-7-5-8-12-22)27(32)20-31(23-13-9-6-10-14-23)38(34,35)24-15-16-25(36-3)26(19-24)37-4/h5-16,19,21H,17-18,20H2,1-4H3,(H,29,33)/t21-/m1/s1. The number of rotatable bonds is 12. The van der Waals surface area contributed by atoms with E-state index in [-0.39, 0.29) is 23.1 Å². The first-order valence-electron chi connectivity index (χ1n) is 12.1. The second-order valence-corrected chi connectivity index (χ2v) is 10.3. The van der Waals surface area contributed by atoms with Crippen LogP contribution in [-0.2, 0) is 26.0 Å². The van der Waals surface area contributed by atoms with Crippen LogP contribution in [0, 0.1) is 0 Å². The quantitative estimate of drug-likeness (QED) is 0.379. The molecule has 1 atom stereocenters. The van der Waals surface area contributed by atoms with Crippen molar-refractivity contribution in [2.45, 2.75) is 24.3 Å². The smallest absolute Gasteiger partial charge is 0.264 e. The summed E-state index contributed by atoms with van der Waals surface area (Å²) in [7, 11) is 0.159. The maximum Gasteiger partial charge on any atom is 0.264 e. The first-order valence-corrected chi connectivity index (χ1v) is 13.5. The van der Waals surface area contributed by atoms with Crippen LogP contribution in [0.5, 0.6) is 11.5 Å². The Bertz CT molecular complexity index is 1330. The van der Waals surface area contributed by atoms with E-state index in [1.807, 2.05) is 30.3 Å². The van der Waals surface area contributed by atoms with Gasteiger partial charge in [0.2, 0.25) is 11.8 Å². The fourth-order valence-electron chi connectivity index (χ4n) is 4.01. The molecule has 38 heavy (non-hydrogen) atoms. The molecule has 0 saturated heterocycles. The van der Waals surface area contributed by atoms with Crippen molar-refractivity contribution in [2.24, 2.45) is 0 Å². The second kappa shape index (κ2) is 13.0. The number of likely N-dealkylation sites (N-methyl/N-ethyl adjacent to an activating group) is 1. The Kier molecular flexibility index (Phi) is 9.72. The van der Waals surface area contributed by atoms with Crippen molar-refractivity contribution < 1.29 is 27.5 Å². The fourth-order valence-corrected chi connectivity index (χ4v) is 5.44. The molecular formula is C28H33N3O6S. The third kappa shape index (κ3) is 6.63. The predicted octanol–water partition coefficient (Wildman–Crippen LogP) is 3.10. The van der Waals surface area contributed by atoms with Gasteiger partial charge in [0, 0.05) is 19.7 Å². The first kappa shape index (κ1) is 28.5. The van der Waals surface area contributed by atoms with Gasteiger partial charge in [0.05, 0.1) is 24.8 Å². The molecule has 10 heteroatoms. The molecule has 9 nitrogen and oxygen atoms in total. The van der Waals surface area contributed by atoms with Crippen LogP contribution in [0.2, 0.25) is 0 Å². The molecule has 1 N–H and O–H groups in total. The maximum absolute atomic E-state index is 13.9. The summed E-state index contributed by atoms with van der Waals surface area (Å²) < 4.78 is 39.3. The molecule has 0 aliphatic rings. The Hall–Kier alpha value is -4.05. The summed E-state index contributed by atoms with van der Waals surface area (Å²) in [5.74, 6) is -0.240. The molecule has 3 rings (SSSR count). The number of carbonyl (C=O) groups excluding carboxylic acids is 2. The number of sulfonamides is 1. The van der Waals surface area contributed by atoms with E-state index in [2.05, 4.69) is 5.32 Å². The summed E-state index contributed by atoms with van der Waals surface area (Å²) in [5, 5.41) is 2.57. The van der Waals surface area contributed by atoms with Gasteiger partial charge in [-0.25, -0.2) is 8.42 Å². The molecule has 3 aromatic rings. The molecule has 202 valence electrons. The minimum Gasteiger partial charge on any atom is -0.493 e. The van der Waals surface area contributed by atoms with Gasteiger partial charge in [-0.15, -0.1) is 0 Å². The molecule has 0 aliphatic carbocycles. The molecule has 0 heterocycles. The van der Waals surface area contributed by atoms with E-state index in [0.717, 1.165) is 9.87 Å². The largest absolute Gasteiger partial charge is 0.493 e. The summed E-state index contributed by atoms with van der Waals surface area (Å²) >= 11 is 0. The summed E-state index contributed by atoms with van der Waals surface area (Å²) in [6, 6.07) is 21.4. The van der Waals surface area contributed by atoms with Crippen molar-refractivity contribution in [3.05, 3.63) is 84.4 Å². The van der Waals surface area contributed by atoms with Gasteiger partial charge in [-0.05, 0) is 43.2 Å². The lowest BCUT2D eigenvalue weighted by Crippen LogP contribution is -2.51. The minimum atomic E-state index is -4.21. The Morgan fingerprint density at radius 3 is 2.08 bits per heavy atom. The highest BCUT2D eigenvalue weighted by atomic mass is 32.2. The molecule has 0 aliphatic heterocycles. The number of ether oxygens (including phenoxy) is 2. The number of benzene rings is 3. The van der Waals surface area contributed by atoms with Crippen LogP contribution in [-0.4, -0.2) is 65.5 Å². The molecule has 3 aromatic carbocycles. The van der Waals surface area contributed by atoms with Crippen molar-refractivity contribution in [3.8, 4) is 11.5 Å². The Morgan fingerprint density at radius 2 is 1.50 bits per heavy atom. The Morgan fingerprint density at radius 1 is 0.895 bits per heavy atom. The number of methoxy groups -OCH3 is 2. The number of carbonyl (C=O) groups is 2. The van der Waals surface area contributed by atoms with Crippen molar-refractivity contribution in [3.63, 3.8) is 0 Å². The van der Waals surface area contributed by atoms with Gasteiger partial charge in [0.1, 0.15) is 12.6 Å². The van der Waals surface area contributed by atoms with Crippen LogP contribution < -0.4 is 19.1 Å². The number of nitrogens with one attached hydrogen (secondary N) is 1. The van der Waals surface area contributed by atoms with Crippen molar-refractivity contribution in [1.29, 1.82) is 0 Å². The Balaban J connectivity index is 1.99. The lowest BCUT2D eigenvalue weighted by atomic mass is 10.1. The topological polar surface area (TPSA) is 105 Å². The molecule has 0 aromatic heterocycles. The minimum absolute atomic E-state index is 0.0676. The van der Waals surface area contributed by atoms with Crippen LogP contribution in [0.4, 0.5) is 5.69 Å². The second-order valence-electron chi connectivity index (χ2n) is 8.48. The zero-order valence-electron chi connectivity index (χ0n) is 22.0. The van der Waals surface area contributed by atoms with Gasteiger partial charge in [-0.2, -0.15) is 0 Å². The zero-order chi connectivity index (χ0) is 27.7. The predicted molar refractivity (Wildman–Crippen MR) is 146 cm³/mol. The van der Waals surface area contributed by atoms with E-state index in [1.54, 1.807) is 37.3 Å². The van der Waals surface area contributed by atoms with Crippen LogP contribution in [0.3, 0.4) is 0 Å². The van der Waals surface area contributed by atoms with E-state index in [4.69, 9.17) is 9.47 Å². The van der Waals surface area contributed by atoms with Gasteiger partial charge in [-0.1, -0.05) is 48.5 Å². The van der Waals surface area contributed by atoms with E-state index in [0.29, 0.717) is 17.9 Å². The zero-order valence-corrected chi connectivity index (χ0v) is 22.8. The van der Waals surface area contributed by atoms with Gasteiger partial charge >= 0.3 is 0 Å². The highest BCUT2D eigenvalue weighted by Crippen LogP contribution is 2.32. The molecule has 0 saturated carbocycles. The average Bonchev–Trinajstić information content (AvgIpc) is 2.95. The molecule has 2 amide bonds. The molecule has 0 fully saturated rings. The molecule has 0 radical (unpaired) electrons. The van der Waals surface area contributed by atoms with Crippen LogP contribution >= 0.6 is 0 Å². The SMILES string of the molecule is CNC(=O)[C@@H](C)N(CCc1ccccc1)C(=O)CN(c1ccccc1)S(=O)(=O)c1ccc(OC)c(OC)c1. The first-order chi connectivity index (χ1) is 18.2. The number of hydrogen-bond donors (Lipinski definition) is 1. The highest BCUT2D eigenvalue weighted by molar-refractivity contribution is 7.92. The summed E-state index contributed by atoms with van der Waals surface area (Å²) in [4.78, 5) is 27.6. The van der Waals surface area contributed by atoms with E-state index >= 15 is 0 Å². The normalized spacial score (nSPS) is 11.8. The average molecular weight is 540 g/mol. The van der Waals surface area contributed by atoms with Gasteiger partial charge in [0.25, 0.3) is 10.0 Å². The lowest BCUT2D eigenvalue weighted by Gasteiger charge is -2.31. The molecule has 0 bridgehead atoms. The van der Waals surface area contributed by atoms with Crippen LogP contribution in [0.15, 0.2) is 83.8 Å². The van der Waals surface area contributed by atoms with Gasteiger partial charge in [0.15, 0.2) is 11.5 Å². The highest BCUT2D eigenvalue weighted by Gasteiger charge is 2.32. The molecular weight excluding hydrogens is 506 g/mol. The van der Waals surface area contributed by atoms with Crippen molar-refractivity contribution in [1.82, 2.24) is 10.2 Å². The number of nitrogens with zero attached hydrogens (tertiary/aromatic N) is 2. The molecule has 0 spiro atoms. The van der Waals surface area contributed by atoms with E-state index < -0.39 is 28.5 Å². The number of anilines is 1. The number of hydrogen-bond acceptors (Lipinski definition) is 6. The van der Waals surface area contributed by atoms with E-state index in [9.17, 15) is 18.0 Å². The van der Waals surface area contributed by atoms with Crippen LogP contribution in [0.25, 0.3) is 0 Å². The third-order valence-electron chi connectivity index (χ3n) is 6.16. The van der Waals surface area contributed by atoms with Gasteiger partial charge in [-0.3, -0.25) is 13.9 Å². The third-order valence-corrected chi connectivity index (χ3v) is 7.93. The van der Waals surface area contributed by atoms with Crippen LogP contribution in [0.1, 0.15) is 12.5 Å². The van der Waals surface area contributed by atoms with E-state index in [1.165, 1.54) is 44.4 Å². The van der Waals surface area contributed by atoms with Gasteiger partial charge < -0.3 is 19.7 Å². The van der Waals surface area contributed by atoms with Crippen molar-refractivity contribution in [2.75, 3.05) is 38.7 Å². The monoisotopic (exact) mass is 539 g/mol.